The third-order valence-corrected chi connectivity index (χ3v) is 4.49. The first-order valence-corrected chi connectivity index (χ1v) is 8.77. The third-order valence-electron chi connectivity index (χ3n) is 3.14. The average Bonchev–Trinajstić information content (AvgIpc) is 3.33. The molecule has 0 fully saturated rings. The van der Waals surface area contributed by atoms with Gasteiger partial charge in [-0.2, -0.15) is 0 Å². The van der Waals surface area contributed by atoms with Crippen LogP contribution in [0.4, 0.5) is 0 Å². The van der Waals surface area contributed by atoms with Crippen LogP contribution in [0.15, 0.2) is 71.8 Å². The zero-order chi connectivity index (χ0) is 16.4. The summed E-state index contributed by atoms with van der Waals surface area (Å²) in [5.74, 6) is 2.28. The van der Waals surface area contributed by atoms with Crippen molar-refractivity contribution in [2.75, 3.05) is 0 Å². The molecule has 0 amide bonds. The van der Waals surface area contributed by atoms with Gasteiger partial charge in [0.2, 0.25) is 11.7 Å². The van der Waals surface area contributed by atoms with Gasteiger partial charge in [-0.15, -0.1) is 10.2 Å². The number of benzene rings is 1. The van der Waals surface area contributed by atoms with Crippen LogP contribution in [0.25, 0.3) is 23.0 Å². The Morgan fingerprint density at radius 2 is 2.00 bits per heavy atom. The van der Waals surface area contributed by atoms with E-state index in [9.17, 15) is 0 Å². The fourth-order valence-corrected chi connectivity index (χ4v) is 3.10. The van der Waals surface area contributed by atoms with Crippen LogP contribution in [0.2, 0.25) is 0 Å². The lowest BCUT2D eigenvalue weighted by molar-refractivity contribution is 0.413. The molecule has 4 aromatic rings. The lowest BCUT2D eigenvalue weighted by atomic mass is 10.2. The fraction of sp³-hybridized carbons (Fsp3) is 0.0625. The molecule has 0 atom stereocenters. The van der Waals surface area contributed by atoms with Crippen LogP contribution >= 0.6 is 27.7 Å². The monoisotopic (exact) mass is 403 g/mol. The van der Waals surface area contributed by atoms with E-state index in [-0.39, 0.29) is 0 Å². The molecule has 3 heterocycles. The van der Waals surface area contributed by atoms with Crippen LogP contribution in [-0.4, -0.2) is 15.4 Å². The van der Waals surface area contributed by atoms with Crippen molar-refractivity contribution in [3.8, 4) is 23.0 Å². The highest BCUT2D eigenvalue weighted by Crippen LogP contribution is 2.28. The molecule has 0 radical (unpaired) electrons. The highest BCUT2D eigenvalue weighted by atomic mass is 79.9. The molecule has 0 spiro atoms. The molecule has 0 unspecified atom stereocenters. The van der Waals surface area contributed by atoms with Gasteiger partial charge in [-0.25, -0.2) is 0 Å². The SMILES string of the molecule is Brc1cccc(-c2nnc(SCc3cc(-c4ccco4)on3)o2)c1. The maximum Gasteiger partial charge on any atom is 0.277 e. The van der Waals surface area contributed by atoms with E-state index in [0.29, 0.717) is 28.4 Å². The molecule has 8 heteroatoms. The lowest BCUT2D eigenvalue weighted by Crippen LogP contribution is -1.79. The molecule has 0 N–H and O–H groups in total. The molecular formula is C16H10BrN3O3S. The average molecular weight is 404 g/mol. The first-order chi connectivity index (χ1) is 11.8. The van der Waals surface area contributed by atoms with Crippen molar-refractivity contribution in [3.63, 3.8) is 0 Å². The molecule has 24 heavy (non-hydrogen) atoms. The maximum atomic E-state index is 5.67. The van der Waals surface area contributed by atoms with Crippen molar-refractivity contribution in [2.24, 2.45) is 0 Å². The van der Waals surface area contributed by atoms with Gasteiger partial charge in [-0.1, -0.05) is 38.9 Å². The van der Waals surface area contributed by atoms with Gasteiger partial charge >= 0.3 is 0 Å². The molecule has 1 aromatic carbocycles. The van der Waals surface area contributed by atoms with Crippen molar-refractivity contribution in [1.82, 2.24) is 15.4 Å². The van der Waals surface area contributed by atoms with Crippen LogP contribution < -0.4 is 0 Å². The summed E-state index contributed by atoms with van der Waals surface area (Å²) in [6.45, 7) is 0. The second-order valence-corrected chi connectivity index (χ2v) is 6.67. The topological polar surface area (TPSA) is 78.1 Å². The van der Waals surface area contributed by atoms with E-state index in [1.54, 1.807) is 12.3 Å². The minimum Gasteiger partial charge on any atom is -0.461 e. The predicted octanol–water partition coefficient (Wildman–Crippen LogP) is 5.04. The van der Waals surface area contributed by atoms with E-state index in [4.69, 9.17) is 13.4 Å². The number of thioether (sulfide) groups is 1. The number of furan rings is 1. The van der Waals surface area contributed by atoms with E-state index < -0.39 is 0 Å². The first-order valence-electron chi connectivity index (χ1n) is 6.99. The summed E-state index contributed by atoms with van der Waals surface area (Å²) < 4.78 is 17.2. The maximum absolute atomic E-state index is 5.67. The Labute approximate surface area is 149 Å². The van der Waals surface area contributed by atoms with E-state index >= 15 is 0 Å². The smallest absolute Gasteiger partial charge is 0.277 e. The predicted molar refractivity (Wildman–Crippen MR) is 91.2 cm³/mol. The second kappa shape index (κ2) is 6.66. The Morgan fingerprint density at radius 3 is 2.83 bits per heavy atom. The fourth-order valence-electron chi connectivity index (χ4n) is 2.06. The normalized spacial score (nSPS) is 11.0. The van der Waals surface area contributed by atoms with Gasteiger partial charge in [0.15, 0.2) is 5.76 Å². The standard InChI is InChI=1S/C16H10BrN3O3S/c17-11-4-1-3-10(7-11)15-18-19-16(22-15)24-9-12-8-14(23-20-12)13-5-2-6-21-13/h1-8H,9H2. The highest BCUT2D eigenvalue weighted by Gasteiger charge is 2.13. The Balaban J connectivity index is 1.43. The summed E-state index contributed by atoms with van der Waals surface area (Å²) in [5, 5.41) is 12.6. The van der Waals surface area contributed by atoms with E-state index in [1.807, 2.05) is 36.4 Å². The summed E-state index contributed by atoms with van der Waals surface area (Å²) in [4.78, 5) is 0. The Kier molecular flexibility index (Phi) is 4.22. The van der Waals surface area contributed by atoms with Crippen LogP contribution in [0, 0.1) is 0 Å². The van der Waals surface area contributed by atoms with E-state index in [2.05, 4.69) is 31.3 Å². The Hall–Kier alpha value is -2.32. The molecule has 0 saturated carbocycles. The molecule has 4 rings (SSSR count). The van der Waals surface area contributed by atoms with Crippen molar-refractivity contribution in [1.29, 1.82) is 0 Å². The van der Waals surface area contributed by atoms with E-state index in [1.165, 1.54) is 11.8 Å². The Morgan fingerprint density at radius 1 is 1.04 bits per heavy atom. The number of aromatic nitrogens is 3. The largest absolute Gasteiger partial charge is 0.461 e. The molecule has 0 bridgehead atoms. The van der Waals surface area contributed by atoms with Crippen LogP contribution in [-0.2, 0) is 5.75 Å². The van der Waals surface area contributed by atoms with Crippen molar-refractivity contribution >= 4 is 27.7 Å². The molecular weight excluding hydrogens is 394 g/mol. The number of halogens is 1. The minimum atomic E-state index is 0.479. The molecule has 6 nitrogen and oxygen atoms in total. The summed E-state index contributed by atoms with van der Waals surface area (Å²) in [7, 11) is 0. The molecule has 0 aliphatic carbocycles. The molecule has 120 valence electrons. The van der Waals surface area contributed by atoms with Crippen LogP contribution in [0.5, 0.6) is 0 Å². The third kappa shape index (κ3) is 3.29. The van der Waals surface area contributed by atoms with Crippen molar-refractivity contribution in [2.45, 2.75) is 11.0 Å². The minimum absolute atomic E-state index is 0.479. The zero-order valence-electron chi connectivity index (χ0n) is 12.2. The quantitative estimate of drug-likeness (QED) is 0.431. The van der Waals surface area contributed by atoms with Gasteiger partial charge < -0.3 is 13.4 Å². The molecule has 3 aromatic heterocycles. The number of rotatable bonds is 5. The van der Waals surface area contributed by atoms with Gasteiger partial charge in [0.05, 0.1) is 12.0 Å². The summed E-state index contributed by atoms with van der Waals surface area (Å²) in [6.07, 6.45) is 1.59. The van der Waals surface area contributed by atoms with Crippen molar-refractivity contribution in [3.05, 3.63) is 58.9 Å². The number of hydrogen-bond acceptors (Lipinski definition) is 7. The van der Waals surface area contributed by atoms with Gasteiger partial charge in [0.1, 0.15) is 0 Å². The summed E-state index contributed by atoms with van der Waals surface area (Å²) in [6, 6.07) is 13.2. The molecule has 0 saturated heterocycles. The first kappa shape index (κ1) is 15.2. The van der Waals surface area contributed by atoms with Gasteiger partial charge in [-0.05, 0) is 30.3 Å². The van der Waals surface area contributed by atoms with E-state index in [0.717, 1.165) is 15.7 Å². The Bertz CT molecular complexity index is 949. The van der Waals surface area contributed by atoms with Crippen LogP contribution in [0.1, 0.15) is 5.69 Å². The lowest BCUT2D eigenvalue weighted by Gasteiger charge is -1.95. The van der Waals surface area contributed by atoms with Gasteiger partial charge in [0.25, 0.3) is 5.22 Å². The van der Waals surface area contributed by atoms with Crippen LogP contribution in [0.3, 0.4) is 0 Å². The zero-order valence-corrected chi connectivity index (χ0v) is 14.6. The number of hydrogen-bond donors (Lipinski definition) is 0. The summed E-state index contributed by atoms with van der Waals surface area (Å²) in [5.41, 5.74) is 1.64. The second-order valence-electron chi connectivity index (χ2n) is 4.83. The summed E-state index contributed by atoms with van der Waals surface area (Å²) >= 11 is 4.82. The van der Waals surface area contributed by atoms with Gasteiger partial charge in [-0.3, -0.25) is 0 Å². The number of nitrogens with zero attached hydrogens (tertiary/aromatic N) is 3. The molecule has 0 aliphatic heterocycles. The molecule has 0 aliphatic rings. The highest BCUT2D eigenvalue weighted by molar-refractivity contribution is 9.10. The van der Waals surface area contributed by atoms with Gasteiger partial charge in [0, 0.05) is 21.9 Å². The van der Waals surface area contributed by atoms with Crippen molar-refractivity contribution < 1.29 is 13.4 Å².